The van der Waals surface area contributed by atoms with Gasteiger partial charge in [-0.25, -0.2) is 9.97 Å². The molecule has 4 aromatic heterocycles. The molecule has 198 valence electrons. The van der Waals surface area contributed by atoms with Gasteiger partial charge in [0.05, 0.1) is 11.4 Å². The SMILES string of the molecule is CNc1ccn2cc(-c3ccc(Br)cc3)nc2c1.CNc1ccn2cc(-c3ccc(OC(F)F)cc3)nc2c1. The Bertz CT molecular complexity index is 1700. The summed E-state index contributed by atoms with van der Waals surface area (Å²) >= 11 is 3.44. The zero-order valence-electron chi connectivity index (χ0n) is 21.1. The Morgan fingerprint density at radius 1 is 0.718 bits per heavy atom. The van der Waals surface area contributed by atoms with Crippen molar-refractivity contribution >= 4 is 38.6 Å². The Balaban J connectivity index is 0.000000160. The molecule has 6 aromatic rings. The second-order valence-electron chi connectivity index (χ2n) is 8.52. The van der Waals surface area contributed by atoms with Gasteiger partial charge < -0.3 is 24.2 Å². The van der Waals surface area contributed by atoms with E-state index in [-0.39, 0.29) is 5.75 Å². The van der Waals surface area contributed by atoms with Gasteiger partial charge in [-0.1, -0.05) is 28.1 Å². The molecule has 0 aliphatic heterocycles. The molecule has 2 N–H and O–H groups in total. The summed E-state index contributed by atoms with van der Waals surface area (Å²) in [6.07, 6.45) is 7.85. The molecule has 2 aromatic carbocycles. The molecule has 0 saturated heterocycles. The maximum Gasteiger partial charge on any atom is 0.387 e. The van der Waals surface area contributed by atoms with Gasteiger partial charge in [0.15, 0.2) is 0 Å². The molecule has 0 fully saturated rings. The lowest BCUT2D eigenvalue weighted by molar-refractivity contribution is -0.0498. The first-order valence-corrected chi connectivity index (χ1v) is 12.9. The molecule has 6 rings (SSSR count). The highest BCUT2D eigenvalue weighted by atomic mass is 79.9. The van der Waals surface area contributed by atoms with Gasteiger partial charge in [-0.15, -0.1) is 0 Å². The van der Waals surface area contributed by atoms with E-state index in [1.807, 2.05) is 84.1 Å². The van der Waals surface area contributed by atoms with Gasteiger partial charge in [0.25, 0.3) is 0 Å². The lowest BCUT2D eigenvalue weighted by atomic mass is 10.2. The summed E-state index contributed by atoms with van der Waals surface area (Å²) in [5.74, 6) is 0.134. The first-order valence-electron chi connectivity index (χ1n) is 12.1. The predicted octanol–water partition coefficient (Wildman–Crippen LogP) is 7.45. The number of hydrogen-bond donors (Lipinski definition) is 2. The predicted molar refractivity (Wildman–Crippen MR) is 155 cm³/mol. The number of imidazole rings is 2. The third-order valence-electron chi connectivity index (χ3n) is 6.01. The van der Waals surface area contributed by atoms with Crippen LogP contribution in [0.25, 0.3) is 33.8 Å². The molecule has 0 atom stereocenters. The van der Waals surface area contributed by atoms with Crippen molar-refractivity contribution in [3.8, 4) is 28.3 Å². The van der Waals surface area contributed by atoms with Crippen LogP contribution in [0.15, 0.2) is 102 Å². The Morgan fingerprint density at radius 3 is 1.62 bits per heavy atom. The minimum atomic E-state index is -2.81. The lowest BCUT2D eigenvalue weighted by Gasteiger charge is -2.04. The van der Waals surface area contributed by atoms with Crippen molar-refractivity contribution in [1.82, 2.24) is 18.8 Å². The maximum atomic E-state index is 12.1. The highest BCUT2D eigenvalue weighted by Gasteiger charge is 2.08. The first-order chi connectivity index (χ1) is 18.9. The number of fused-ring (bicyclic) bond motifs is 2. The van der Waals surface area contributed by atoms with Gasteiger partial charge >= 0.3 is 6.61 Å². The van der Waals surface area contributed by atoms with Crippen LogP contribution >= 0.6 is 15.9 Å². The zero-order valence-corrected chi connectivity index (χ0v) is 22.7. The topological polar surface area (TPSA) is 67.9 Å². The summed E-state index contributed by atoms with van der Waals surface area (Å²) in [7, 11) is 3.75. The summed E-state index contributed by atoms with van der Waals surface area (Å²) in [6, 6.07) is 22.5. The monoisotopic (exact) mass is 590 g/mol. The number of aromatic nitrogens is 4. The van der Waals surface area contributed by atoms with Crippen LogP contribution < -0.4 is 15.4 Å². The highest BCUT2D eigenvalue weighted by Crippen LogP contribution is 2.25. The Kier molecular flexibility index (Phi) is 7.74. The van der Waals surface area contributed by atoms with E-state index in [4.69, 9.17) is 0 Å². The first kappa shape index (κ1) is 26.2. The van der Waals surface area contributed by atoms with E-state index in [2.05, 4.69) is 53.4 Å². The summed E-state index contributed by atoms with van der Waals surface area (Å²) in [4.78, 5) is 9.15. The Hall–Kier alpha value is -4.44. The molecule has 0 aliphatic carbocycles. The number of nitrogens with one attached hydrogen (secondary N) is 2. The summed E-state index contributed by atoms with van der Waals surface area (Å²) in [5.41, 5.74) is 7.50. The van der Waals surface area contributed by atoms with Crippen molar-refractivity contribution in [1.29, 1.82) is 0 Å². The lowest BCUT2D eigenvalue weighted by Crippen LogP contribution is -2.01. The van der Waals surface area contributed by atoms with Crippen molar-refractivity contribution in [3.63, 3.8) is 0 Å². The van der Waals surface area contributed by atoms with E-state index >= 15 is 0 Å². The zero-order chi connectivity index (χ0) is 27.4. The van der Waals surface area contributed by atoms with Crippen molar-refractivity contribution < 1.29 is 13.5 Å². The third-order valence-corrected chi connectivity index (χ3v) is 6.54. The molecular weight excluding hydrogens is 566 g/mol. The standard InChI is InChI=1S/C15H13F2N3O.C14H12BrN3/c1-18-11-6-7-20-9-13(19-14(20)8-11)10-2-4-12(5-3-10)21-15(16)17;1-16-12-6-7-18-9-13(17-14(18)8-12)10-2-4-11(15)5-3-10/h2-9,15,18H,1H3;2-9,16H,1H3. The van der Waals surface area contributed by atoms with Gasteiger partial charge in [-0.3, -0.25) is 0 Å². The molecule has 39 heavy (non-hydrogen) atoms. The summed E-state index contributed by atoms with van der Waals surface area (Å²) < 4.78 is 33.6. The number of halogens is 3. The second kappa shape index (κ2) is 11.5. The van der Waals surface area contributed by atoms with Crippen LogP contribution in [-0.4, -0.2) is 39.5 Å². The number of benzene rings is 2. The molecular formula is C29H25BrF2N6O. The van der Waals surface area contributed by atoms with E-state index in [1.165, 1.54) is 12.1 Å². The van der Waals surface area contributed by atoms with E-state index in [0.29, 0.717) is 0 Å². The number of pyridine rings is 2. The maximum absolute atomic E-state index is 12.1. The van der Waals surface area contributed by atoms with Gasteiger partial charge in [0, 0.05) is 78.0 Å². The average molecular weight is 591 g/mol. The van der Waals surface area contributed by atoms with Gasteiger partial charge in [0.2, 0.25) is 0 Å². The number of nitrogens with zero attached hydrogens (tertiary/aromatic N) is 4. The fourth-order valence-electron chi connectivity index (χ4n) is 3.98. The molecule has 7 nitrogen and oxygen atoms in total. The van der Waals surface area contributed by atoms with Crippen LogP contribution in [0.3, 0.4) is 0 Å². The molecule has 0 saturated carbocycles. The number of ether oxygens (including phenoxy) is 1. The number of rotatable bonds is 6. The molecule has 10 heteroatoms. The molecule has 0 spiro atoms. The minimum Gasteiger partial charge on any atom is -0.435 e. The molecule has 0 bridgehead atoms. The molecule has 0 unspecified atom stereocenters. The Morgan fingerprint density at radius 2 is 1.18 bits per heavy atom. The van der Waals surface area contributed by atoms with Crippen molar-refractivity contribution in [2.24, 2.45) is 0 Å². The Labute approximate surface area is 232 Å². The van der Waals surface area contributed by atoms with Crippen molar-refractivity contribution in [2.75, 3.05) is 24.7 Å². The molecule has 0 amide bonds. The minimum absolute atomic E-state index is 0.134. The van der Waals surface area contributed by atoms with Crippen LogP contribution in [0.1, 0.15) is 0 Å². The van der Waals surface area contributed by atoms with Crippen LogP contribution in [0.4, 0.5) is 20.2 Å². The largest absolute Gasteiger partial charge is 0.435 e. The second-order valence-corrected chi connectivity index (χ2v) is 9.44. The molecule has 0 radical (unpaired) electrons. The fraction of sp³-hybridized carbons (Fsp3) is 0.103. The quantitative estimate of drug-likeness (QED) is 0.211. The third kappa shape index (κ3) is 6.18. The highest BCUT2D eigenvalue weighted by molar-refractivity contribution is 9.10. The summed E-state index contributed by atoms with van der Waals surface area (Å²) in [5, 5.41) is 6.17. The molecule has 0 aliphatic rings. The van der Waals surface area contributed by atoms with Crippen LogP contribution in [0.2, 0.25) is 0 Å². The fourth-order valence-corrected chi connectivity index (χ4v) is 4.25. The van der Waals surface area contributed by atoms with Crippen LogP contribution in [-0.2, 0) is 0 Å². The van der Waals surface area contributed by atoms with Gasteiger partial charge in [-0.2, -0.15) is 8.78 Å². The number of anilines is 2. The number of alkyl halides is 2. The van der Waals surface area contributed by atoms with E-state index in [0.717, 1.165) is 49.7 Å². The average Bonchev–Trinajstić information content (AvgIpc) is 3.57. The normalized spacial score (nSPS) is 10.9. The van der Waals surface area contributed by atoms with E-state index < -0.39 is 6.61 Å². The van der Waals surface area contributed by atoms with E-state index in [9.17, 15) is 8.78 Å². The smallest absolute Gasteiger partial charge is 0.387 e. The van der Waals surface area contributed by atoms with Gasteiger partial charge in [-0.05, 0) is 48.5 Å². The van der Waals surface area contributed by atoms with Crippen molar-refractivity contribution in [3.05, 3.63) is 102 Å². The van der Waals surface area contributed by atoms with E-state index in [1.54, 1.807) is 12.1 Å². The molecule has 4 heterocycles. The number of hydrogen-bond acceptors (Lipinski definition) is 5. The van der Waals surface area contributed by atoms with Crippen molar-refractivity contribution in [2.45, 2.75) is 6.61 Å². The van der Waals surface area contributed by atoms with Crippen LogP contribution in [0.5, 0.6) is 5.75 Å². The van der Waals surface area contributed by atoms with Gasteiger partial charge in [0.1, 0.15) is 17.0 Å². The summed E-state index contributed by atoms with van der Waals surface area (Å²) in [6.45, 7) is -2.81. The van der Waals surface area contributed by atoms with Crippen LogP contribution in [0, 0.1) is 0 Å².